The molecule has 0 unspecified atom stereocenters. The van der Waals surface area contributed by atoms with Gasteiger partial charge in [-0.2, -0.15) is 5.10 Å². The highest BCUT2D eigenvalue weighted by Gasteiger charge is 2.27. The van der Waals surface area contributed by atoms with Crippen LogP contribution in [0.25, 0.3) is 11.3 Å². The molecule has 1 N–H and O–H groups in total. The molecular weight excluding hydrogens is 354 g/mol. The molecule has 1 atom stereocenters. The Kier molecular flexibility index (Phi) is 4.92. The number of carbonyl (C=O) groups is 1. The maximum Gasteiger partial charge on any atom is 0.258 e. The van der Waals surface area contributed by atoms with Crippen LogP contribution in [0.2, 0.25) is 0 Å². The van der Waals surface area contributed by atoms with Gasteiger partial charge in [-0.3, -0.25) is 9.48 Å². The molecule has 7 heteroatoms. The van der Waals surface area contributed by atoms with E-state index in [1.54, 1.807) is 11.1 Å². The van der Waals surface area contributed by atoms with Crippen molar-refractivity contribution in [3.8, 4) is 11.3 Å². The number of hydrogen-bond donors (Lipinski definition) is 1. The quantitative estimate of drug-likeness (QED) is 0.756. The van der Waals surface area contributed by atoms with E-state index in [2.05, 4.69) is 15.1 Å². The van der Waals surface area contributed by atoms with Crippen molar-refractivity contribution >= 4 is 5.91 Å². The summed E-state index contributed by atoms with van der Waals surface area (Å²) in [5, 5.41) is 14.5. The molecule has 1 aliphatic rings. The van der Waals surface area contributed by atoms with Crippen LogP contribution in [0.4, 0.5) is 0 Å². The standard InChI is InChI=1S/C21H23N5O2/c1-3-19(27)18-11-16-13-25(9-10-26(16)24-18)21(28)17-12-22-14(2)23-20(17)15-7-5-4-6-8-15/h4-8,11-12,19,27H,3,9-10,13H2,1-2H3/t19-/m0/s1. The molecule has 28 heavy (non-hydrogen) atoms. The number of rotatable bonds is 4. The van der Waals surface area contributed by atoms with Gasteiger partial charge in [0.15, 0.2) is 0 Å². The third-order valence-corrected chi connectivity index (χ3v) is 5.02. The van der Waals surface area contributed by atoms with Gasteiger partial charge in [0.25, 0.3) is 5.91 Å². The third-order valence-electron chi connectivity index (χ3n) is 5.02. The molecule has 0 fully saturated rings. The zero-order chi connectivity index (χ0) is 19.7. The zero-order valence-corrected chi connectivity index (χ0v) is 16.0. The van der Waals surface area contributed by atoms with Crippen molar-refractivity contribution in [2.75, 3.05) is 6.54 Å². The van der Waals surface area contributed by atoms with E-state index in [9.17, 15) is 9.90 Å². The third kappa shape index (κ3) is 3.41. The van der Waals surface area contributed by atoms with Gasteiger partial charge in [0.05, 0.1) is 41.8 Å². The first-order chi connectivity index (χ1) is 13.6. The highest BCUT2D eigenvalue weighted by molar-refractivity contribution is 5.99. The number of aliphatic hydroxyl groups is 1. The molecule has 144 valence electrons. The number of benzene rings is 1. The molecule has 7 nitrogen and oxygen atoms in total. The molecule has 3 aromatic rings. The SMILES string of the molecule is CC[C@H](O)c1cc2n(n1)CCN(C(=O)c1cnc(C)nc1-c1ccccc1)C2. The Morgan fingerprint density at radius 1 is 1.25 bits per heavy atom. The Morgan fingerprint density at radius 3 is 2.79 bits per heavy atom. The smallest absolute Gasteiger partial charge is 0.258 e. The van der Waals surface area contributed by atoms with Gasteiger partial charge in [-0.25, -0.2) is 9.97 Å². The van der Waals surface area contributed by atoms with Crippen molar-refractivity contribution in [3.05, 3.63) is 65.4 Å². The molecule has 0 spiro atoms. The fourth-order valence-electron chi connectivity index (χ4n) is 3.45. The summed E-state index contributed by atoms with van der Waals surface area (Å²) in [6, 6.07) is 11.6. The largest absolute Gasteiger partial charge is 0.387 e. The molecule has 2 aromatic heterocycles. The van der Waals surface area contributed by atoms with Crippen molar-refractivity contribution < 1.29 is 9.90 Å². The highest BCUT2D eigenvalue weighted by Crippen LogP contribution is 2.25. The van der Waals surface area contributed by atoms with Crippen LogP contribution in [0.3, 0.4) is 0 Å². The van der Waals surface area contributed by atoms with E-state index in [-0.39, 0.29) is 5.91 Å². The van der Waals surface area contributed by atoms with Crippen molar-refractivity contribution in [1.29, 1.82) is 0 Å². The molecule has 0 saturated carbocycles. The second-order valence-electron chi connectivity index (χ2n) is 6.98. The van der Waals surface area contributed by atoms with E-state index in [4.69, 9.17) is 0 Å². The Bertz CT molecular complexity index is 999. The van der Waals surface area contributed by atoms with E-state index < -0.39 is 6.10 Å². The normalized spacial score (nSPS) is 14.6. The molecule has 3 heterocycles. The number of nitrogens with zero attached hydrogens (tertiary/aromatic N) is 5. The monoisotopic (exact) mass is 377 g/mol. The number of aromatic nitrogens is 4. The molecule has 4 rings (SSSR count). The first kappa shape index (κ1) is 18.3. The fraction of sp³-hybridized carbons (Fsp3) is 0.333. The summed E-state index contributed by atoms with van der Waals surface area (Å²) in [5.41, 5.74) is 3.64. The molecule has 0 bridgehead atoms. The van der Waals surface area contributed by atoms with Crippen LogP contribution in [0.15, 0.2) is 42.6 Å². The van der Waals surface area contributed by atoms with Gasteiger partial charge in [0.1, 0.15) is 5.82 Å². The van der Waals surface area contributed by atoms with Crippen molar-refractivity contribution in [3.63, 3.8) is 0 Å². The molecule has 1 aliphatic heterocycles. The molecule has 1 aromatic carbocycles. The van der Waals surface area contributed by atoms with Crippen LogP contribution in [-0.4, -0.2) is 42.2 Å². The average Bonchev–Trinajstić information content (AvgIpc) is 3.16. The van der Waals surface area contributed by atoms with Crippen molar-refractivity contribution in [2.24, 2.45) is 0 Å². The van der Waals surface area contributed by atoms with Crippen LogP contribution < -0.4 is 0 Å². The number of amides is 1. The van der Waals surface area contributed by atoms with Gasteiger partial charge < -0.3 is 10.0 Å². The van der Waals surface area contributed by atoms with E-state index in [0.29, 0.717) is 48.8 Å². The van der Waals surface area contributed by atoms with Crippen LogP contribution in [0, 0.1) is 6.92 Å². The number of carbonyl (C=O) groups excluding carboxylic acids is 1. The summed E-state index contributed by atoms with van der Waals surface area (Å²) >= 11 is 0. The topological polar surface area (TPSA) is 84.1 Å². The minimum absolute atomic E-state index is 0.0936. The average molecular weight is 377 g/mol. The summed E-state index contributed by atoms with van der Waals surface area (Å²) in [6.45, 7) is 5.34. The number of hydrogen-bond acceptors (Lipinski definition) is 5. The van der Waals surface area contributed by atoms with Gasteiger partial charge in [-0.15, -0.1) is 0 Å². The zero-order valence-electron chi connectivity index (χ0n) is 16.0. The Hall–Kier alpha value is -3.06. The van der Waals surface area contributed by atoms with Crippen LogP contribution in [-0.2, 0) is 13.1 Å². The van der Waals surface area contributed by atoms with Crippen LogP contribution >= 0.6 is 0 Å². The predicted octanol–water partition coefficient (Wildman–Crippen LogP) is 2.75. The number of fused-ring (bicyclic) bond motifs is 1. The van der Waals surface area contributed by atoms with Crippen LogP contribution in [0.5, 0.6) is 0 Å². The Labute approximate surface area is 163 Å². The van der Waals surface area contributed by atoms with E-state index in [1.165, 1.54) is 0 Å². The lowest BCUT2D eigenvalue weighted by Crippen LogP contribution is -2.38. The van der Waals surface area contributed by atoms with Gasteiger partial charge in [-0.05, 0) is 19.4 Å². The summed E-state index contributed by atoms with van der Waals surface area (Å²) in [4.78, 5) is 23.9. The number of aliphatic hydroxyl groups excluding tert-OH is 1. The second-order valence-corrected chi connectivity index (χ2v) is 6.98. The summed E-state index contributed by atoms with van der Waals surface area (Å²) < 4.78 is 1.88. The maximum absolute atomic E-state index is 13.3. The lowest BCUT2D eigenvalue weighted by Gasteiger charge is -2.28. The van der Waals surface area contributed by atoms with Gasteiger partial charge >= 0.3 is 0 Å². The molecule has 0 radical (unpaired) electrons. The fourth-order valence-corrected chi connectivity index (χ4v) is 3.45. The van der Waals surface area contributed by atoms with Gasteiger partial charge in [-0.1, -0.05) is 37.3 Å². The first-order valence-electron chi connectivity index (χ1n) is 9.50. The summed E-state index contributed by atoms with van der Waals surface area (Å²) in [5.74, 6) is 0.536. The predicted molar refractivity (Wildman–Crippen MR) is 104 cm³/mol. The minimum Gasteiger partial charge on any atom is -0.387 e. The van der Waals surface area contributed by atoms with Crippen molar-refractivity contribution in [1.82, 2.24) is 24.6 Å². The summed E-state index contributed by atoms with van der Waals surface area (Å²) in [6.07, 6.45) is 1.66. The minimum atomic E-state index is -0.572. The maximum atomic E-state index is 13.3. The molecule has 0 saturated heterocycles. The summed E-state index contributed by atoms with van der Waals surface area (Å²) in [7, 11) is 0. The molecule has 0 aliphatic carbocycles. The highest BCUT2D eigenvalue weighted by atomic mass is 16.3. The first-order valence-corrected chi connectivity index (χ1v) is 9.50. The number of aryl methyl sites for hydroxylation is 1. The Morgan fingerprint density at radius 2 is 2.04 bits per heavy atom. The lowest BCUT2D eigenvalue weighted by molar-refractivity contribution is 0.0705. The lowest BCUT2D eigenvalue weighted by atomic mass is 10.1. The van der Waals surface area contributed by atoms with E-state index in [1.807, 2.05) is 54.9 Å². The molecular formula is C21H23N5O2. The van der Waals surface area contributed by atoms with E-state index >= 15 is 0 Å². The molecule has 1 amide bonds. The van der Waals surface area contributed by atoms with Gasteiger partial charge in [0, 0.05) is 18.3 Å². The Balaban J connectivity index is 1.63. The van der Waals surface area contributed by atoms with Gasteiger partial charge in [0.2, 0.25) is 0 Å². The van der Waals surface area contributed by atoms with Crippen LogP contribution in [0.1, 0.15) is 47.0 Å². The second kappa shape index (κ2) is 7.52. The van der Waals surface area contributed by atoms with Crippen molar-refractivity contribution in [2.45, 2.75) is 39.5 Å². The van der Waals surface area contributed by atoms with E-state index in [0.717, 1.165) is 11.3 Å².